The van der Waals surface area contributed by atoms with Gasteiger partial charge in [0.15, 0.2) is 5.12 Å². The van der Waals surface area contributed by atoms with Crippen LogP contribution in [0, 0.1) is 0 Å². The zero-order chi connectivity index (χ0) is 11.8. The monoisotopic (exact) mass is 236 g/mol. The molecule has 1 aliphatic rings. The van der Waals surface area contributed by atoms with E-state index in [-0.39, 0.29) is 10.5 Å². The molecule has 1 aromatic carbocycles. The van der Waals surface area contributed by atoms with Crippen molar-refractivity contribution in [1.82, 2.24) is 0 Å². The lowest BCUT2D eigenvalue weighted by Gasteiger charge is -2.32. The maximum Gasteiger partial charge on any atom is 0.190 e. The summed E-state index contributed by atoms with van der Waals surface area (Å²) >= 11 is 1.28. The van der Waals surface area contributed by atoms with Gasteiger partial charge in [-0.1, -0.05) is 25.6 Å². The Labute approximate surface area is 100 Å². The van der Waals surface area contributed by atoms with Gasteiger partial charge in [-0.3, -0.25) is 4.79 Å². The van der Waals surface area contributed by atoms with E-state index in [4.69, 9.17) is 4.74 Å². The van der Waals surface area contributed by atoms with E-state index in [1.165, 1.54) is 17.3 Å². The maximum atomic E-state index is 11.1. The predicted molar refractivity (Wildman–Crippen MR) is 66.1 cm³/mol. The fraction of sp³-hybridized carbons (Fsp3) is 0.462. The van der Waals surface area contributed by atoms with Crippen LogP contribution in [0.3, 0.4) is 0 Å². The van der Waals surface area contributed by atoms with E-state index < -0.39 is 0 Å². The molecule has 0 N–H and O–H groups in total. The summed E-state index contributed by atoms with van der Waals surface area (Å²) in [4.78, 5) is 12.1. The van der Waals surface area contributed by atoms with Crippen molar-refractivity contribution < 1.29 is 9.53 Å². The SMILES string of the molecule is CC(=O)Sc1ccc2c(c1)C(C)(C)CCO2. The van der Waals surface area contributed by atoms with E-state index in [0.717, 1.165) is 23.7 Å². The van der Waals surface area contributed by atoms with Gasteiger partial charge in [0.05, 0.1) is 6.61 Å². The molecule has 1 aliphatic heterocycles. The summed E-state index contributed by atoms with van der Waals surface area (Å²) in [5.74, 6) is 0.962. The van der Waals surface area contributed by atoms with Gasteiger partial charge in [-0.15, -0.1) is 0 Å². The molecular formula is C13H16O2S. The van der Waals surface area contributed by atoms with Gasteiger partial charge in [0.1, 0.15) is 5.75 Å². The third kappa shape index (κ3) is 2.24. The van der Waals surface area contributed by atoms with Crippen LogP contribution < -0.4 is 4.74 Å². The van der Waals surface area contributed by atoms with E-state index in [1.54, 1.807) is 6.92 Å². The van der Waals surface area contributed by atoms with Crippen molar-refractivity contribution in [2.45, 2.75) is 37.5 Å². The quantitative estimate of drug-likeness (QED) is 0.699. The number of hydrogen-bond donors (Lipinski definition) is 0. The lowest BCUT2D eigenvalue weighted by atomic mass is 9.80. The number of thioether (sulfide) groups is 1. The Morgan fingerprint density at radius 3 is 2.88 bits per heavy atom. The second kappa shape index (κ2) is 4.13. The molecule has 2 rings (SSSR count). The average Bonchev–Trinajstić information content (AvgIpc) is 2.18. The van der Waals surface area contributed by atoms with Gasteiger partial charge < -0.3 is 4.74 Å². The maximum absolute atomic E-state index is 11.1. The number of rotatable bonds is 1. The van der Waals surface area contributed by atoms with E-state index in [2.05, 4.69) is 19.9 Å². The third-order valence-corrected chi connectivity index (χ3v) is 3.70. The highest BCUT2D eigenvalue weighted by atomic mass is 32.2. The first kappa shape index (κ1) is 11.5. The number of carbonyl (C=O) groups excluding carboxylic acids is 1. The molecule has 86 valence electrons. The van der Waals surface area contributed by atoms with E-state index in [0.29, 0.717) is 0 Å². The van der Waals surface area contributed by atoms with E-state index >= 15 is 0 Å². The summed E-state index contributed by atoms with van der Waals surface area (Å²) in [6, 6.07) is 6.01. The molecule has 0 bridgehead atoms. The molecule has 0 fully saturated rings. The first-order valence-corrected chi connectivity index (χ1v) is 6.26. The normalized spacial score (nSPS) is 17.4. The predicted octanol–water partition coefficient (Wildman–Crippen LogP) is 3.39. The molecule has 2 nitrogen and oxygen atoms in total. The molecule has 16 heavy (non-hydrogen) atoms. The van der Waals surface area contributed by atoms with Gasteiger partial charge in [-0.05, 0) is 30.0 Å². The van der Waals surface area contributed by atoms with Crippen LogP contribution in [0.5, 0.6) is 5.75 Å². The van der Waals surface area contributed by atoms with Crippen molar-refractivity contribution in [2.24, 2.45) is 0 Å². The molecule has 0 aliphatic carbocycles. The highest BCUT2D eigenvalue weighted by molar-refractivity contribution is 8.13. The van der Waals surface area contributed by atoms with Crippen molar-refractivity contribution in [3.05, 3.63) is 23.8 Å². The molecule has 1 aromatic rings. The topological polar surface area (TPSA) is 26.3 Å². The third-order valence-electron chi connectivity index (χ3n) is 2.93. The lowest BCUT2D eigenvalue weighted by Crippen LogP contribution is -2.26. The highest BCUT2D eigenvalue weighted by Crippen LogP contribution is 2.40. The Hall–Kier alpha value is -0.960. The summed E-state index contributed by atoms with van der Waals surface area (Å²) < 4.78 is 5.62. The van der Waals surface area contributed by atoms with Gasteiger partial charge >= 0.3 is 0 Å². The minimum atomic E-state index is 0.120. The molecule has 0 atom stereocenters. The molecule has 0 radical (unpaired) electrons. The molecule has 1 heterocycles. The van der Waals surface area contributed by atoms with Crippen LogP contribution in [0.1, 0.15) is 32.8 Å². The van der Waals surface area contributed by atoms with Crippen molar-refractivity contribution in [3.63, 3.8) is 0 Å². The fourth-order valence-corrected chi connectivity index (χ4v) is 2.59. The zero-order valence-corrected chi connectivity index (χ0v) is 10.7. The average molecular weight is 236 g/mol. The van der Waals surface area contributed by atoms with Crippen molar-refractivity contribution in [3.8, 4) is 5.75 Å². The summed E-state index contributed by atoms with van der Waals surface area (Å²) in [5.41, 5.74) is 1.35. The smallest absolute Gasteiger partial charge is 0.190 e. The van der Waals surface area contributed by atoms with Gasteiger partial charge in [0, 0.05) is 17.4 Å². The summed E-state index contributed by atoms with van der Waals surface area (Å²) in [5, 5.41) is 0.120. The van der Waals surface area contributed by atoms with Crippen molar-refractivity contribution in [2.75, 3.05) is 6.61 Å². The second-order valence-electron chi connectivity index (χ2n) is 4.73. The fourth-order valence-electron chi connectivity index (χ4n) is 1.94. The minimum Gasteiger partial charge on any atom is -0.493 e. The standard InChI is InChI=1S/C13H16O2S/c1-9(14)16-10-4-5-12-11(8-10)13(2,3)6-7-15-12/h4-5,8H,6-7H2,1-3H3. The Morgan fingerprint density at radius 2 is 2.19 bits per heavy atom. The van der Waals surface area contributed by atoms with Gasteiger partial charge in [-0.25, -0.2) is 0 Å². The van der Waals surface area contributed by atoms with Gasteiger partial charge in [-0.2, -0.15) is 0 Å². The number of carbonyl (C=O) groups is 1. The number of fused-ring (bicyclic) bond motifs is 1. The highest BCUT2D eigenvalue weighted by Gasteiger charge is 2.28. The van der Waals surface area contributed by atoms with Crippen molar-refractivity contribution in [1.29, 1.82) is 0 Å². The van der Waals surface area contributed by atoms with Crippen LogP contribution in [0.25, 0.3) is 0 Å². The van der Waals surface area contributed by atoms with Crippen LogP contribution in [0.15, 0.2) is 23.1 Å². The Morgan fingerprint density at radius 1 is 1.44 bits per heavy atom. The van der Waals surface area contributed by atoms with Crippen LogP contribution in [-0.4, -0.2) is 11.7 Å². The van der Waals surface area contributed by atoms with Crippen LogP contribution >= 0.6 is 11.8 Å². The molecule has 0 amide bonds. The van der Waals surface area contributed by atoms with Crippen molar-refractivity contribution >= 4 is 16.9 Å². The number of ether oxygens (including phenoxy) is 1. The first-order valence-electron chi connectivity index (χ1n) is 5.45. The molecule has 3 heteroatoms. The lowest BCUT2D eigenvalue weighted by molar-refractivity contribution is -0.109. The number of hydrogen-bond acceptors (Lipinski definition) is 3. The molecular weight excluding hydrogens is 220 g/mol. The molecule has 0 saturated heterocycles. The Kier molecular flexibility index (Phi) is 2.98. The molecule has 0 saturated carbocycles. The molecule has 0 aromatic heterocycles. The summed E-state index contributed by atoms with van der Waals surface area (Å²) in [6.45, 7) is 6.80. The van der Waals surface area contributed by atoms with Gasteiger partial charge in [0.25, 0.3) is 0 Å². The Balaban J connectivity index is 2.39. The molecule has 0 unspecified atom stereocenters. The second-order valence-corrected chi connectivity index (χ2v) is 5.98. The van der Waals surface area contributed by atoms with Crippen LogP contribution in [0.2, 0.25) is 0 Å². The summed E-state index contributed by atoms with van der Waals surface area (Å²) in [6.07, 6.45) is 1.02. The zero-order valence-electron chi connectivity index (χ0n) is 9.87. The minimum absolute atomic E-state index is 0.120. The van der Waals surface area contributed by atoms with E-state index in [9.17, 15) is 4.79 Å². The van der Waals surface area contributed by atoms with Crippen LogP contribution in [-0.2, 0) is 10.2 Å². The first-order chi connectivity index (χ1) is 7.49. The number of benzene rings is 1. The summed E-state index contributed by atoms with van der Waals surface area (Å²) in [7, 11) is 0. The van der Waals surface area contributed by atoms with Crippen LogP contribution in [0.4, 0.5) is 0 Å². The Bertz CT molecular complexity index is 424. The molecule has 0 spiro atoms. The van der Waals surface area contributed by atoms with E-state index in [1.807, 2.05) is 12.1 Å². The van der Waals surface area contributed by atoms with Gasteiger partial charge in [0.2, 0.25) is 0 Å². The largest absolute Gasteiger partial charge is 0.493 e.